The van der Waals surface area contributed by atoms with Crippen molar-refractivity contribution >= 4 is 23.6 Å². The first-order valence-corrected chi connectivity index (χ1v) is 6.70. The van der Waals surface area contributed by atoms with Gasteiger partial charge in [0.05, 0.1) is 11.5 Å². The van der Waals surface area contributed by atoms with E-state index in [0.717, 1.165) is 12.8 Å². The number of rotatable bonds is 3. The van der Waals surface area contributed by atoms with E-state index in [1.807, 2.05) is 13.8 Å². The molecule has 0 saturated carbocycles. The zero-order chi connectivity index (χ0) is 11.8. The lowest BCUT2D eigenvalue weighted by atomic mass is 10.2. The van der Waals surface area contributed by atoms with Gasteiger partial charge in [0.2, 0.25) is 5.91 Å². The molecular weight excluding hydrogens is 226 g/mol. The van der Waals surface area contributed by atoms with Crippen LogP contribution >= 0.6 is 11.8 Å². The average molecular weight is 243 g/mol. The maximum atomic E-state index is 11.8. The van der Waals surface area contributed by atoms with Crippen LogP contribution in [0.15, 0.2) is 0 Å². The molecule has 2 heterocycles. The Hall–Kier alpha value is -0.710. The molecule has 0 aliphatic carbocycles. The van der Waals surface area contributed by atoms with Crippen LogP contribution in [0.4, 0.5) is 0 Å². The van der Waals surface area contributed by atoms with Gasteiger partial charge in [0, 0.05) is 12.2 Å². The van der Waals surface area contributed by atoms with Crippen molar-refractivity contribution in [2.24, 2.45) is 0 Å². The highest BCUT2D eigenvalue weighted by molar-refractivity contribution is 8.01. The minimum absolute atomic E-state index is 0.0888. The Labute approximate surface area is 99.7 Å². The van der Waals surface area contributed by atoms with Crippen LogP contribution in [-0.4, -0.2) is 40.0 Å². The minimum Gasteiger partial charge on any atom is -0.464 e. The Kier molecular flexibility index (Phi) is 3.15. The van der Waals surface area contributed by atoms with Gasteiger partial charge in [-0.3, -0.25) is 4.79 Å². The van der Waals surface area contributed by atoms with Crippen LogP contribution in [0.2, 0.25) is 0 Å². The number of amides is 1. The van der Waals surface area contributed by atoms with Gasteiger partial charge in [0.1, 0.15) is 6.04 Å². The highest BCUT2D eigenvalue weighted by atomic mass is 32.2. The zero-order valence-corrected chi connectivity index (χ0v) is 10.5. The quantitative estimate of drug-likeness (QED) is 0.703. The molecule has 2 atom stereocenters. The van der Waals surface area contributed by atoms with Crippen LogP contribution in [0.5, 0.6) is 0 Å². The van der Waals surface area contributed by atoms with Crippen molar-refractivity contribution in [3.05, 3.63) is 0 Å². The van der Waals surface area contributed by atoms with Crippen LogP contribution < -0.4 is 0 Å². The molecule has 0 spiro atoms. The summed E-state index contributed by atoms with van der Waals surface area (Å²) in [5.41, 5.74) is 0. The third-order valence-corrected chi connectivity index (χ3v) is 4.67. The molecule has 0 aromatic carbocycles. The lowest BCUT2D eigenvalue weighted by Gasteiger charge is -2.29. The number of fused-ring (bicyclic) bond motifs is 1. The molecule has 0 N–H and O–H groups in total. The van der Waals surface area contributed by atoms with Crippen molar-refractivity contribution in [2.75, 3.05) is 12.4 Å². The molecule has 90 valence electrons. The summed E-state index contributed by atoms with van der Waals surface area (Å²) in [5.74, 6) is 0.518. The van der Waals surface area contributed by atoms with Gasteiger partial charge in [-0.25, -0.2) is 4.79 Å². The predicted octanol–water partition coefficient (Wildman–Crippen LogP) is 1.39. The second-order valence-corrected chi connectivity index (χ2v) is 5.93. The lowest BCUT2D eigenvalue weighted by molar-refractivity contribution is -0.153. The molecular formula is C11H17NO3S. The summed E-state index contributed by atoms with van der Waals surface area (Å²) in [6, 6.07) is -0.364. The molecule has 0 radical (unpaired) electrons. The van der Waals surface area contributed by atoms with Crippen molar-refractivity contribution in [3.63, 3.8) is 0 Å². The van der Waals surface area contributed by atoms with E-state index in [4.69, 9.17) is 4.74 Å². The fourth-order valence-corrected chi connectivity index (χ4v) is 3.71. The molecule has 16 heavy (non-hydrogen) atoms. The first-order valence-electron chi connectivity index (χ1n) is 5.71. The van der Waals surface area contributed by atoms with E-state index >= 15 is 0 Å². The molecule has 4 nitrogen and oxygen atoms in total. The molecule has 2 saturated heterocycles. The van der Waals surface area contributed by atoms with Gasteiger partial charge < -0.3 is 9.64 Å². The Balaban J connectivity index is 2.07. The van der Waals surface area contributed by atoms with Gasteiger partial charge in [0.25, 0.3) is 0 Å². The number of ether oxygens (including phenoxy) is 1. The van der Waals surface area contributed by atoms with Crippen molar-refractivity contribution in [1.82, 2.24) is 4.90 Å². The summed E-state index contributed by atoms with van der Waals surface area (Å²) >= 11 is 1.69. The third kappa shape index (κ3) is 1.81. The van der Waals surface area contributed by atoms with Gasteiger partial charge in [-0.1, -0.05) is 6.92 Å². The van der Waals surface area contributed by atoms with E-state index in [1.165, 1.54) is 0 Å². The average Bonchev–Trinajstić information content (AvgIpc) is 2.73. The SMILES string of the molecule is CCCOC(=O)C1CSC2(C)CCC(=O)N12. The van der Waals surface area contributed by atoms with Gasteiger partial charge >= 0.3 is 5.97 Å². The van der Waals surface area contributed by atoms with Crippen molar-refractivity contribution < 1.29 is 14.3 Å². The smallest absolute Gasteiger partial charge is 0.329 e. The van der Waals surface area contributed by atoms with Crippen LogP contribution in [-0.2, 0) is 14.3 Å². The second-order valence-electron chi connectivity index (χ2n) is 4.43. The van der Waals surface area contributed by atoms with Crippen LogP contribution in [0, 0.1) is 0 Å². The molecule has 2 rings (SSSR count). The zero-order valence-electron chi connectivity index (χ0n) is 9.69. The summed E-state index contributed by atoms with van der Waals surface area (Å²) in [7, 11) is 0. The summed E-state index contributed by atoms with van der Waals surface area (Å²) in [4.78, 5) is 25.1. The number of hydrogen-bond donors (Lipinski definition) is 0. The summed E-state index contributed by atoms with van der Waals surface area (Å²) in [6.45, 7) is 4.44. The number of hydrogen-bond acceptors (Lipinski definition) is 4. The molecule has 2 aliphatic rings. The highest BCUT2D eigenvalue weighted by Gasteiger charge is 2.53. The van der Waals surface area contributed by atoms with Crippen LogP contribution in [0.1, 0.15) is 33.1 Å². The van der Waals surface area contributed by atoms with Crippen molar-refractivity contribution in [1.29, 1.82) is 0 Å². The molecule has 0 aromatic rings. The topological polar surface area (TPSA) is 46.6 Å². The van der Waals surface area contributed by atoms with E-state index in [9.17, 15) is 9.59 Å². The van der Waals surface area contributed by atoms with Crippen LogP contribution in [0.3, 0.4) is 0 Å². The van der Waals surface area contributed by atoms with Gasteiger partial charge in [0.15, 0.2) is 0 Å². The first kappa shape index (κ1) is 11.8. The normalized spacial score (nSPS) is 33.0. The summed E-state index contributed by atoms with van der Waals surface area (Å²) in [6.07, 6.45) is 2.21. The number of thioether (sulfide) groups is 1. The predicted molar refractivity (Wildman–Crippen MR) is 62.0 cm³/mol. The monoisotopic (exact) mass is 243 g/mol. The fourth-order valence-electron chi connectivity index (χ4n) is 2.29. The van der Waals surface area contributed by atoms with Crippen LogP contribution in [0.25, 0.3) is 0 Å². The van der Waals surface area contributed by atoms with E-state index in [-0.39, 0.29) is 22.8 Å². The summed E-state index contributed by atoms with van der Waals surface area (Å²) < 4.78 is 5.13. The van der Waals surface area contributed by atoms with E-state index in [0.29, 0.717) is 18.8 Å². The first-order chi connectivity index (χ1) is 7.58. The number of carbonyl (C=O) groups excluding carboxylic acids is 2. The lowest BCUT2D eigenvalue weighted by Crippen LogP contribution is -2.46. The molecule has 2 fully saturated rings. The number of esters is 1. The Morgan fingerprint density at radius 2 is 2.44 bits per heavy atom. The molecule has 0 bridgehead atoms. The largest absolute Gasteiger partial charge is 0.464 e. The number of carbonyl (C=O) groups is 2. The van der Waals surface area contributed by atoms with E-state index in [2.05, 4.69) is 0 Å². The molecule has 2 unspecified atom stereocenters. The number of nitrogens with zero attached hydrogens (tertiary/aromatic N) is 1. The Bertz CT molecular complexity index is 320. The molecule has 1 amide bonds. The van der Waals surface area contributed by atoms with Gasteiger partial charge in [-0.05, 0) is 19.8 Å². The molecule has 2 aliphatic heterocycles. The Morgan fingerprint density at radius 3 is 3.12 bits per heavy atom. The minimum atomic E-state index is -0.364. The van der Waals surface area contributed by atoms with Crippen molar-refractivity contribution in [3.8, 4) is 0 Å². The second kappa shape index (κ2) is 4.28. The standard InChI is InChI=1S/C11H17NO3S/c1-3-6-15-10(14)8-7-16-11(2)5-4-9(13)12(8)11/h8H,3-7H2,1-2H3. The Morgan fingerprint density at radius 1 is 1.69 bits per heavy atom. The maximum absolute atomic E-state index is 11.8. The molecule has 0 aromatic heterocycles. The summed E-state index contributed by atoms with van der Waals surface area (Å²) in [5, 5.41) is 0. The van der Waals surface area contributed by atoms with Crippen molar-refractivity contribution in [2.45, 2.75) is 44.0 Å². The van der Waals surface area contributed by atoms with E-state index < -0.39 is 0 Å². The fraction of sp³-hybridized carbons (Fsp3) is 0.818. The van der Waals surface area contributed by atoms with E-state index in [1.54, 1.807) is 16.7 Å². The third-order valence-electron chi connectivity index (χ3n) is 3.17. The van der Waals surface area contributed by atoms with Gasteiger partial charge in [-0.15, -0.1) is 11.8 Å². The van der Waals surface area contributed by atoms with Gasteiger partial charge in [-0.2, -0.15) is 0 Å². The molecule has 5 heteroatoms. The maximum Gasteiger partial charge on any atom is 0.329 e. The highest BCUT2D eigenvalue weighted by Crippen LogP contribution is 2.47.